The van der Waals surface area contributed by atoms with Gasteiger partial charge in [0, 0.05) is 11.3 Å². The van der Waals surface area contributed by atoms with Gasteiger partial charge in [-0.2, -0.15) is 0 Å². The van der Waals surface area contributed by atoms with Gasteiger partial charge in [-0.3, -0.25) is 14.5 Å². The molecular formula is C32H27NO4. The van der Waals surface area contributed by atoms with Crippen molar-refractivity contribution >= 4 is 23.1 Å². The molecule has 1 atom stereocenters. The molecule has 5 heteroatoms. The number of anilines is 1. The average Bonchev–Trinajstić information content (AvgIpc) is 3.20. The van der Waals surface area contributed by atoms with Gasteiger partial charge in [-0.25, -0.2) is 0 Å². The van der Waals surface area contributed by atoms with Gasteiger partial charge in [-0.15, -0.1) is 0 Å². The molecule has 37 heavy (non-hydrogen) atoms. The number of ether oxygens (including phenoxy) is 1. The van der Waals surface area contributed by atoms with Gasteiger partial charge in [0.05, 0.1) is 11.6 Å². The minimum atomic E-state index is -0.815. The monoisotopic (exact) mass is 489 g/mol. The predicted molar refractivity (Wildman–Crippen MR) is 144 cm³/mol. The van der Waals surface area contributed by atoms with Crippen LogP contribution in [0.15, 0.2) is 109 Å². The van der Waals surface area contributed by atoms with E-state index in [0.29, 0.717) is 29.2 Å². The second kappa shape index (κ2) is 10.2. The number of ketones is 1. The SMILES string of the molecule is Cc1ccc(/C(O)=C2/C(=O)C(=O)N(c3ccccc3)C2c2cccc(OCc3ccccc3)c2)cc1C. The highest BCUT2D eigenvalue weighted by Gasteiger charge is 2.47. The van der Waals surface area contributed by atoms with Crippen molar-refractivity contribution in [2.45, 2.75) is 26.5 Å². The summed E-state index contributed by atoms with van der Waals surface area (Å²) in [6, 6.07) is 30.9. The highest BCUT2D eigenvalue weighted by Crippen LogP contribution is 2.43. The van der Waals surface area contributed by atoms with E-state index in [-0.39, 0.29) is 11.3 Å². The van der Waals surface area contributed by atoms with Gasteiger partial charge in [0.1, 0.15) is 18.1 Å². The second-order valence-corrected chi connectivity index (χ2v) is 9.15. The van der Waals surface area contributed by atoms with E-state index in [1.807, 2.05) is 98.8 Å². The number of amides is 1. The number of carbonyl (C=O) groups is 2. The minimum Gasteiger partial charge on any atom is -0.507 e. The van der Waals surface area contributed by atoms with Crippen molar-refractivity contribution in [1.29, 1.82) is 0 Å². The maximum atomic E-state index is 13.4. The number of nitrogens with zero attached hydrogens (tertiary/aromatic N) is 1. The van der Waals surface area contributed by atoms with E-state index in [9.17, 15) is 14.7 Å². The van der Waals surface area contributed by atoms with Crippen LogP contribution in [0, 0.1) is 13.8 Å². The lowest BCUT2D eigenvalue weighted by molar-refractivity contribution is -0.132. The Bertz CT molecular complexity index is 1490. The van der Waals surface area contributed by atoms with Crippen molar-refractivity contribution in [1.82, 2.24) is 0 Å². The van der Waals surface area contributed by atoms with Gasteiger partial charge in [-0.05, 0) is 66.4 Å². The third-order valence-electron chi connectivity index (χ3n) is 6.68. The first-order valence-corrected chi connectivity index (χ1v) is 12.1. The molecule has 0 spiro atoms. The molecule has 0 aliphatic carbocycles. The Morgan fingerprint density at radius 3 is 2.22 bits per heavy atom. The van der Waals surface area contributed by atoms with Crippen LogP contribution in [-0.2, 0) is 16.2 Å². The summed E-state index contributed by atoms with van der Waals surface area (Å²) in [6.07, 6.45) is 0. The van der Waals surface area contributed by atoms with Gasteiger partial charge < -0.3 is 9.84 Å². The van der Waals surface area contributed by atoms with Crippen molar-refractivity contribution in [3.05, 3.63) is 137 Å². The van der Waals surface area contributed by atoms with Crippen LogP contribution in [0.1, 0.15) is 33.9 Å². The Morgan fingerprint density at radius 1 is 0.811 bits per heavy atom. The van der Waals surface area contributed by atoms with Crippen molar-refractivity contribution in [2.75, 3.05) is 4.90 Å². The van der Waals surface area contributed by atoms with Gasteiger partial charge in [0.2, 0.25) is 0 Å². The number of aliphatic hydroxyl groups excluding tert-OH is 1. The summed E-state index contributed by atoms with van der Waals surface area (Å²) in [6.45, 7) is 4.31. The van der Waals surface area contributed by atoms with Crippen LogP contribution in [0.2, 0.25) is 0 Å². The highest BCUT2D eigenvalue weighted by molar-refractivity contribution is 6.51. The second-order valence-electron chi connectivity index (χ2n) is 9.15. The highest BCUT2D eigenvalue weighted by atomic mass is 16.5. The first-order valence-electron chi connectivity index (χ1n) is 12.1. The summed E-state index contributed by atoms with van der Waals surface area (Å²) < 4.78 is 6.03. The third-order valence-corrected chi connectivity index (χ3v) is 6.68. The Hall–Kier alpha value is -4.64. The quantitative estimate of drug-likeness (QED) is 0.191. The van der Waals surface area contributed by atoms with E-state index < -0.39 is 17.7 Å². The van der Waals surface area contributed by atoms with Gasteiger partial charge >= 0.3 is 0 Å². The summed E-state index contributed by atoms with van der Waals surface area (Å²) in [5.74, 6) is -0.996. The molecule has 1 aliphatic rings. The van der Waals surface area contributed by atoms with Crippen molar-refractivity contribution < 1.29 is 19.4 Å². The summed E-state index contributed by atoms with van der Waals surface area (Å²) >= 11 is 0. The maximum Gasteiger partial charge on any atom is 0.300 e. The summed E-state index contributed by atoms with van der Waals surface area (Å²) in [5.41, 5.74) is 4.87. The molecule has 1 unspecified atom stereocenters. The Morgan fingerprint density at radius 2 is 1.51 bits per heavy atom. The number of Topliss-reactive ketones (excluding diaryl/α,β-unsaturated/α-hetero) is 1. The molecule has 184 valence electrons. The van der Waals surface area contributed by atoms with Gasteiger partial charge in [-0.1, -0.05) is 72.8 Å². The molecule has 1 aliphatic heterocycles. The number of hydrogen-bond donors (Lipinski definition) is 1. The van der Waals surface area contributed by atoms with Crippen LogP contribution in [0.3, 0.4) is 0 Å². The van der Waals surface area contributed by atoms with E-state index in [2.05, 4.69) is 0 Å². The molecule has 1 heterocycles. The standard InChI is InChI=1S/C32H27NO4/c1-21-16-17-25(18-22(21)2)30(34)28-29(33(32(36)31(28)35)26-13-7-4-8-14-26)24-12-9-15-27(19-24)37-20-23-10-5-3-6-11-23/h3-19,29,34H,20H2,1-2H3/b30-28-. The fraction of sp³-hybridized carbons (Fsp3) is 0.125. The number of benzene rings is 4. The molecule has 0 bridgehead atoms. The molecule has 0 radical (unpaired) electrons. The van der Waals surface area contributed by atoms with Gasteiger partial charge in [0.25, 0.3) is 11.7 Å². The van der Waals surface area contributed by atoms with Crippen LogP contribution in [0.5, 0.6) is 5.75 Å². The zero-order valence-electron chi connectivity index (χ0n) is 20.7. The normalized spacial score (nSPS) is 16.7. The third kappa shape index (κ3) is 4.76. The largest absolute Gasteiger partial charge is 0.507 e. The molecule has 0 saturated carbocycles. The first-order chi connectivity index (χ1) is 17.9. The lowest BCUT2D eigenvalue weighted by Gasteiger charge is -2.25. The zero-order valence-corrected chi connectivity index (χ0v) is 20.7. The average molecular weight is 490 g/mol. The van der Waals surface area contributed by atoms with E-state index in [4.69, 9.17) is 4.74 Å². The molecular weight excluding hydrogens is 462 g/mol. The number of rotatable bonds is 6. The van der Waals surface area contributed by atoms with Crippen molar-refractivity contribution in [3.63, 3.8) is 0 Å². The number of para-hydroxylation sites is 1. The van der Waals surface area contributed by atoms with E-state index >= 15 is 0 Å². The maximum absolute atomic E-state index is 13.4. The molecule has 4 aromatic carbocycles. The van der Waals surface area contributed by atoms with Crippen molar-refractivity contribution in [2.24, 2.45) is 0 Å². The van der Waals surface area contributed by atoms with Crippen LogP contribution in [0.4, 0.5) is 5.69 Å². The van der Waals surface area contributed by atoms with Gasteiger partial charge in [0.15, 0.2) is 0 Å². The lowest BCUT2D eigenvalue weighted by Crippen LogP contribution is -2.29. The van der Waals surface area contributed by atoms with E-state index in [1.54, 1.807) is 18.2 Å². The Kier molecular flexibility index (Phi) is 6.60. The van der Waals surface area contributed by atoms with E-state index in [1.165, 1.54) is 4.90 Å². The molecule has 1 saturated heterocycles. The summed E-state index contributed by atoms with van der Waals surface area (Å²) in [4.78, 5) is 28.2. The molecule has 0 aromatic heterocycles. The predicted octanol–water partition coefficient (Wildman–Crippen LogP) is 6.51. The fourth-order valence-electron chi connectivity index (χ4n) is 4.56. The lowest BCUT2D eigenvalue weighted by atomic mass is 9.94. The molecule has 1 amide bonds. The first kappa shape index (κ1) is 24.1. The fourth-order valence-corrected chi connectivity index (χ4v) is 4.56. The molecule has 5 nitrogen and oxygen atoms in total. The molecule has 1 fully saturated rings. The molecule has 1 N–H and O–H groups in total. The molecule has 4 aromatic rings. The number of carbonyl (C=O) groups excluding carboxylic acids is 2. The number of hydrogen-bond acceptors (Lipinski definition) is 4. The molecule has 5 rings (SSSR count). The summed E-state index contributed by atoms with van der Waals surface area (Å²) in [5, 5.41) is 11.4. The zero-order chi connectivity index (χ0) is 25.9. The van der Waals surface area contributed by atoms with Crippen LogP contribution < -0.4 is 9.64 Å². The Balaban J connectivity index is 1.61. The topological polar surface area (TPSA) is 66.8 Å². The summed E-state index contributed by atoms with van der Waals surface area (Å²) in [7, 11) is 0. The Labute approximate surface area is 216 Å². The van der Waals surface area contributed by atoms with Crippen LogP contribution in [0.25, 0.3) is 5.76 Å². The van der Waals surface area contributed by atoms with Crippen molar-refractivity contribution in [3.8, 4) is 5.75 Å². The number of aryl methyl sites for hydroxylation is 2. The van der Waals surface area contributed by atoms with E-state index in [0.717, 1.165) is 16.7 Å². The number of aliphatic hydroxyl groups is 1. The van der Waals surface area contributed by atoms with Crippen LogP contribution in [-0.4, -0.2) is 16.8 Å². The minimum absolute atomic E-state index is 0.0531. The smallest absolute Gasteiger partial charge is 0.300 e. The van der Waals surface area contributed by atoms with Crippen LogP contribution >= 0.6 is 0 Å².